The second-order valence-corrected chi connectivity index (χ2v) is 3.42. The Morgan fingerprint density at radius 2 is 1.42 bits per heavy atom. The van der Waals surface area contributed by atoms with Gasteiger partial charge in [0, 0.05) is 0 Å². The fourth-order valence-corrected chi connectivity index (χ4v) is 1.15. The molecule has 0 radical (unpaired) electrons. The molecule has 0 amide bonds. The standard InChI is InChI=1S/C6H7NO2S.2H2O/c7-10(8,9)6-4-2-1-3-5-6;;/h1-5H,(H2,7,8,9);2*1H2. The van der Waals surface area contributed by atoms with Crippen molar-refractivity contribution in [1.82, 2.24) is 0 Å². The molecule has 70 valence electrons. The first-order chi connectivity index (χ1) is 4.61. The van der Waals surface area contributed by atoms with Gasteiger partial charge in [0.2, 0.25) is 10.0 Å². The van der Waals surface area contributed by atoms with Gasteiger partial charge in [0.25, 0.3) is 0 Å². The summed E-state index contributed by atoms with van der Waals surface area (Å²) in [4.78, 5) is 0.148. The van der Waals surface area contributed by atoms with Crippen molar-refractivity contribution in [2.24, 2.45) is 5.14 Å². The van der Waals surface area contributed by atoms with E-state index in [0.29, 0.717) is 0 Å². The van der Waals surface area contributed by atoms with Crippen LogP contribution in [0.15, 0.2) is 35.2 Å². The Balaban J connectivity index is 0. The second kappa shape index (κ2) is 4.83. The van der Waals surface area contributed by atoms with E-state index >= 15 is 0 Å². The van der Waals surface area contributed by atoms with Crippen LogP contribution < -0.4 is 5.14 Å². The zero-order chi connectivity index (χ0) is 7.61. The van der Waals surface area contributed by atoms with E-state index in [9.17, 15) is 8.42 Å². The predicted octanol–water partition coefficient (Wildman–Crippen LogP) is -1.32. The number of primary sulfonamides is 1. The summed E-state index contributed by atoms with van der Waals surface area (Å²) >= 11 is 0. The highest BCUT2D eigenvalue weighted by Crippen LogP contribution is 2.02. The smallest absolute Gasteiger partial charge is 0.238 e. The maximum atomic E-state index is 10.6. The monoisotopic (exact) mass is 193 g/mol. The van der Waals surface area contributed by atoms with Gasteiger partial charge in [0.1, 0.15) is 0 Å². The fourth-order valence-electron chi connectivity index (χ4n) is 0.610. The van der Waals surface area contributed by atoms with Gasteiger partial charge in [-0.25, -0.2) is 13.6 Å². The van der Waals surface area contributed by atoms with Crippen LogP contribution in [0.2, 0.25) is 0 Å². The van der Waals surface area contributed by atoms with Crippen LogP contribution in [0.5, 0.6) is 0 Å². The topological polar surface area (TPSA) is 123 Å². The summed E-state index contributed by atoms with van der Waals surface area (Å²) in [6.45, 7) is 0. The van der Waals surface area contributed by atoms with Crippen molar-refractivity contribution in [2.45, 2.75) is 4.90 Å². The lowest BCUT2D eigenvalue weighted by Crippen LogP contribution is -2.11. The number of nitrogens with two attached hydrogens (primary N) is 1. The van der Waals surface area contributed by atoms with Gasteiger partial charge in [-0.05, 0) is 12.1 Å². The maximum absolute atomic E-state index is 10.6. The highest BCUT2D eigenvalue weighted by atomic mass is 32.2. The number of benzene rings is 1. The van der Waals surface area contributed by atoms with E-state index in [1.54, 1.807) is 18.2 Å². The van der Waals surface area contributed by atoms with Crippen LogP contribution in [0, 0.1) is 0 Å². The molecule has 0 aromatic heterocycles. The third kappa shape index (κ3) is 3.44. The SMILES string of the molecule is NS(=O)(=O)c1ccccc1.O.O. The molecule has 0 aliphatic rings. The Hall–Kier alpha value is -0.950. The van der Waals surface area contributed by atoms with Gasteiger partial charge in [0.05, 0.1) is 4.90 Å². The lowest BCUT2D eigenvalue weighted by Gasteiger charge is -1.93. The number of hydrogen-bond acceptors (Lipinski definition) is 2. The average molecular weight is 193 g/mol. The summed E-state index contributed by atoms with van der Waals surface area (Å²) in [5.74, 6) is 0. The largest absolute Gasteiger partial charge is 0.412 e. The molecule has 0 spiro atoms. The molecular formula is C6H11NO4S. The van der Waals surface area contributed by atoms with Crippen LogP contribution in [0.25, 0.3) is 0 Å². The Labute approximate surface area is 70.5 Å². The molecular weight excluding hydrogens is 182 g/mol. The average Bonchev–Trinajstić information content (AvgIpc) is 1.88. The van der Waals surface area contributed by atoms with Gasteiger partial charge < -0.3 is 11.0 Å². The van der Waals surface area contributed by atoms with Crippen LogP contribution in [0.1, 0.15) is 0 Å². The highest BCUT2D eigenvalue weighted by molar-refractivity contribution is 7.89. The van der Waals surface area contributed by atoms with Gasteiger partial charge >= 0.3 is 0 Å². The lowest BCUT2D eigenvalue weighted by molar-refractivity contribution is 0.598. The molecule has 1 aromatic carbocycles. The summed E-state index contributed by atoms with van der Waals surface area (Å²) < 4.78 is 21.2. The second-order valence-electron chi connectivity index (χ2n) is 1.86. The van der Waals surface area contributed by atoms with Crippen LogP contribution in [-0.2, 0) is 10.0 Å². The molecule has 5 nitrogen and oxygen atoms in total. The Kier molecular flexibility index (Phi) is 5.49. The lowest BCUT2D eigenvalue weighted by atomic mass is 10.4. The van der Waals surface area contributed by atoms with Crippen molar-refractivity contribution >= 4 is 10.0 Å². The quantitative estimate of drug-likeness (QED) is 0.594. The number of rotatable bonds is 1. The molecule has 0 fully saturated rings. The third-order valence-electron chi connectivity index (χ3n) is 1.07. The van der Waals surface area contributed by atoms with Crippen LogP contribution in [0.4, 0.5) is 0 Å². The number of sulfonamides is 1. The van der Waals surface area contributed by atoms with Gasteiger partial charge in [-0.2, -0.15) is 0 Å². The van der Waals surface area contributed by atoms with E-state index in [0.717, 1.165) is 0 Å². The molecule has 0 aliphatic heterocycles. The molecule has 12 heavy (non-hydrogen) atoms. The third-order valence-corrected chi connectivity index (χ3v) is 2.00. The fraction of sp³-hybridized carbons (Fsp3) is 0. The first kappa shape index (κ1) is 13.6. The number of hydrogen-bond donors (Lipinski definition) is 1. The molecule has 6 heteroatoms. The minimum Gasteiger partial charge on any atom is -0.412 e. The normalized spacial score (nSPS) is 9.42. The Bertz CT molecular complexity index is 308. The highest BCUT2D eigenvalue weighted by Gasteiger charge is 2.03. The molecule has 0 aliphatic carbocycles. The molecule has 1 aromatic rings. The molecule has 0 bridgehead atoms. The van der Waals surface area contributed by atoms with E-state index in [1.165, 1.54) is 12.1 Å². The zero-order valence-corrected chi connectivity index (χ0v) is 7.01. The molecule has 1 rings (SSSR count). The zero-order valence-electron chi connectivity index (χ0n) is 6.19. The van der Waals surface area contributed by atoms with E-state index in [-0.39, 0.29) is 15.8 Å². The minimum atomic E-state index is -3.50. The van der Waals surface area contributed by atoms with E-state index < -0.39 is 10.0 Å². The van der Waals surface area contributed by atoms with Crippen molar-refractivity contribution in [3.63, 3.8) is 0 Å². The van der Waals surface area contributed by atoms with Crippen molar-refractivity contribution in [3.8, 4) is 0 Å². The van der Waals surface area contributed by atoms with Crippen LogP contribution in [0.3, 0.4) is 0 Å². The summed E-state index contributed by atoms with van der Waals surface area (Å²) in [5.41, 5.74) is 0. The maximum Gasteiger partial charge on any atom is 0.238 e. The summed E-state index contributed by atoms with van der Waals surface area (Å²) in [5, 5.41) is 4.83. The molecule has 0 saturated heterocycles. The molecule has 0 unspecified atom stereocenters. The van der Waals surface area contributed by atoms with Crippen molar-refractivity contribution in [3.05, 3.63) is 30.3 Å². The van der Waals surface area contributed by atoms with E-state index in [4.69, 9.17) is 5.14 Å². The summed E-state index contributed by atoms with van der Waals surface area (Å²) in [6.07, 6.45) is 0. The molecule has 0 atom stereocenters. The molecule has 0 heterocycles. The Morgan fingerprint density at radius 3 is 1.67 bits per heavy atom. The van der Waals surface area contributed by atoms with Gasteiger partial charge in [-0.15, -0.1) is 0 Å². The predicted molar refractivity (Wildman–Crippen MR) is 45.0 cm³/mol. The minimum absolute atomic E-state index is 0. The molecule has 6 N–H and O–H groups in total. The molecule has 0 saturated carbocycles. The van der Waals surface area contributed by atoms with Crippen LogP contribution in [-0.4, -0.2) is 19.4 Å². The van der Waals surface area contributed by atoms with E-state index in [1.807, 2.05) is 0 Å². The summed E-state index contributed by atoms with van der Waals surface area (Å²) in [7, 11) is -3.50. The van der Waals surface area contributed by atoms with Crippen molar-refractivity contribution in [2.75, 3.05) is 0 Å². The van der Waals surface area contributed by atoms with Crippen molar-refractivity contribution in [1.29, 1.82) is 0 Å². The van der Waals surface area contributed by atoms with Crippen LogP contribution >= 0.6 is 0 Å². The van der Waals surface area contributed by atoms with Gasteiger partial charge in [0.15, 0.2) is 0 Å². The summed E-state index contributed by atoms with van der Waals surface area (Å²) in [6, 6.07) is 7.89. The first-order valence-corrected chi connectivity index (χ1v) is 4.23. The first-order valence-electron chi connectivity index (χ1n) is 2.68. The Morgan fingerprint density at radius 1 is 1.00 bits per heavy atom. The van der Waals surface area contributed by atoms with Gasteiger partial charge in [-0.3, -0.25) is 0 Å². The van der Waals surface area contributed by atoms with Gasteiger partial charge in [-0.1, -0.05) is 18.2 Å². The van der Waals surface area contributed by atoms with Crippen molar-refractivity contribution < 1.29 is 19.4 Å². The van der Waals surface area contributed by atoms with E-state index in [2.05, 4.69) is 0 Å².